The van der Waals surface area contributed by atoms with Gasteiger partial charge < -0.3 is 59.4 Å². The van der Waals surface area contributed by atoms with Crippen molar-refractivity contribution in [2.75, 3.05) is 6.61 Å². The van der Waals surface area contributed by atoms with Crippen molar-refractivity contribution in [3.05, 3.63) is 12.2 Å². The molecule has 0 aromatic rings. The second-order valence-electron chi connectivity index (χ2n) is 13.2. The Bertz CT molecular complexity index is 979. The van der Waals surface area contributed by atoms with E-state index >= 15 is 0 Å². The molecule has 0 aromatic carbocycles. The van der Waals surface area contributed by atoms with Gasteiger partial charge in [0.2, 0.25) is 0 Å². The first-order chi connectivity index (χ1) is 22.3. The topological polar surface area (TPSA) is 222 Å². The fraction of sp³-hybridized carbons (Fsp3) is 0.879. The highest BCUT2D eigenvalue weighted by Gasteiger charge is 2.47. The van der Waals surface area contributed by atoms with Gasteiger partial charge in [-0.15, -0.1) is 0 Å². The average Bonchev–Trinajstić information content (AvgIpc) is 3.32. The van der Waals surface area contributed by atoms with Crippen LogP contribution in [0.15, 0.2) is 12.2 Å². The van der Waals surface area contributed by atoms with Crippen molar-refractivity contribution < 1.29 is 69.0 Å². The number of hydrogen-bond acceptors (Lipinski definition) is 13. The maximum absolute atomic E-state index is 11.6. The molecule has 3 saturated heterocycles. The molecule has 3 rings (SSSR count). The van der Waals surface area contributed by atoms with Crippen LogP contribution in [-0.2, 0) is 33.3 Å². The van der Waals surface area contributed by atoms with Crippen LogP contribution in [0.1, 0.15) is 97.3 Å². The molecule has 0 bridgehead atoms. The molecule has 3 aliphatic rings. The van der Waals surface area contributed by atoms with Gasteiger partial charge in [0.25, 0.3) is 0 Å². The van der Waals surface area contributed by atoms with Crippen LogP contribution in [0.3, 0.4) is 0 Å². The minimum atomic E-state index is -1.55. The Kier molecular flexibility index (Phi) is 16.4. The van der Waals surface area contributed by atoms with Crippen LogP contribution in [0.2, 0.25) is 0 Å². The Morgan fingerprint density at radius 3 is 1.87 bits per heavy atom. The molecular formula is C33H56O14. The molecule has 0 unspecified atom stereocenters. The number of carbonyl (C=O) groups is 2. The molecule has 3 fully saturated rings. The van der Waals surface area contributed by atoms with Gasteiger partial charge in [0, 0.05) is 5.57 Å². The number of unbranched alkanes of at least 4 members (excludes halogenated alkanes) is 10. The summed E-state index contributed by atoms with van der Waals surface area (Å²) in [4.78, 5) is 23.0. The van der Waals surface area contributed by atoms with Gasteiger partial charge in [0.1, 0.15) is 54.7 Å². The highest BCUT2D eigenvalue weighted by Crippen LogP contribution is 2.31. The standard InChI is InChI=1S/C33H56O14/c1-18(15-13-11-9-7-5-4-6-8-10-12-14-16-21-23(30(40)41)19(2)31(42)46-21)44-33-29(39)27(37)25(35)22(47-33)17-43-32-28(38)26(36)24(34)20(3)45-32/h18,20-29,32-39H,2,4-17H2,1,3H3,(H,40,41)/t18-,20+,21-,22-,23+,24-,25-,26+,27+,28-,29-,32-,33-/m1/s1. The highest BCUT2D eigenvalue weighted by atomic mass is 16.7. The van der Waals surface area contributed by atoms with E-state index in [4.69, 9.17) is 23.7 Å². The largest absolute Gasteiger partial charge is 0.481 e. The number of aliphatic hydroxyl groups excluding tert-OH is 6. The number of esters is 1. The number of cyclic esters (lactones) is 1. The Balaban J connectivity index is 1.21. The molecule has 14 nitrogen and oxygen atoms in total. The van der Waals surface area contributed by atoms with E-state index in [0.717, 1.165) is 70.6 Å². The van der Waals surface area contributed by atoms with Crippen molar-refractivity contribution in [3.8, 4) is 0 Å². The van der Waals surface area contributed by atoms with Crippen LogP contribution >= 0.6 is 0 Å². The van der Waals surface area contributed by atoms with E-state index in [9.17, 15) is 45.3 Å². The van der Waals surface area contributed by atoms with Crippen molar-refractivity contribution in [2.24, 2.45) is 5.92 Å². The summed E-state index contributed by atoms with van der Waals surface area (Å²) in [5, 5.41) is 70.5. The first-order valence-corrected chi connectivity index (χ1v) is 17.1. The van der Waals surface area contributed by atoms with E-state index in [1.165, 1.54) is 6.92 Å². The van der Waals surface area contributed by atoms with Crippen LogP contribution in [-0.4, -0.2) is 128 Å². The summed E-state index contributed by atoms with van der Waals surface area (Å²) in [5.41, 5.74) is 0.0355. The third kappa shape index (κ3) is 11.4. The van der Waals surface area contributed by atoms with Crippen LogP contribution in [0, 0.1) is 5.92 Å². The van der Waals surface area contributed by atoms with Crippen LogP contribution in [0.25, 0.3) is 0 Å². The van der Waals surface area contributed by atoms with Gasteiger partial charge >= 0.3 is 11.9 Å². The van der Waals surface area contributed by atoms with E-state index in [1.807, 2.05) is 6.92 Å². The molecule has 0 amide bonds. The number of ether oxygens (including phenoxy) is 5. The van der Waals surface area contributed by atoms with Crippen LogP contribution < -0.4 is 0 Å². The first-order valence-electron chi connectivity index (χ1n) is 17.1. The molecule has 272 valence electrons. The zero-order valence-electron chi connectivity index (χ0n) is 27.6. The monoisotopic (exact) mass is 676 g/mol. The number of hydrogen-bond donors (Lipinski definition) is 7. The van der Waals surface area contributed by atoms with Gasteiger partial charge in [0.15, 0.2) is 12.6 Å². The van der Waals surface area contributed by atoms with E-state index in [-0.39, 0.29) is 18.3 Å². The molecule has 0 aromatic heterocycles. The van der Waals surface area contributed by atoms with E-state index in [0.29, 0.717) is 12.8 Å². The number of carboxylic acids is 1. The number of aliphatic hydroxyl groups is 6. The lowest BCUT2D eigenvalue weighted by Crippen LogP contribution is -2.61. The number of carboxylic acid groups (broad SMARTS) is 1. The molecule has 0 aliphatic carbocycles. The molecule has 13 atom stereocenters. The zero-order valence-corrected chi connectivity index (χ0v) is 27.6. The summed E-state index contributed by atoms with van der Waals surface area (Å²) in [6.07, 6.45) is -1.27. The lowest BCUT2D eigenvalue weighted by Gasteiger charge is -2.43. The third-order valence-electron chi connectivity index (χ3n) is 9.40. The highest BCUT2D eigenvalue weighted by molar-refractivity contribution is 5.97. The van der Waals surface area contributed by atoms with Gasteiger partial charge in [0.05, 0.1) is 18.8 Å². The van der Waals surface area contributed by atoms with Gasteiger partial charge in [-0.2, -0.15) is 0 Å². The van der Waals surface area contributed by atoms with Crippen molar-refractivity contribution >= 4 is 11.9 Å². The quantitative estimate of drug-likeness (QED) is 0.0549. The van der Waals surface area contributed by atoms with E-state index in [2.05, 4.69) is 6.58 Å². The summed E-state index contributed by atoms with van der Waals surface area (Å²) in [6.45, 7) is 6.58. The Labute approximate surface area is 276 Å². The third-order valence-corrected chi connectivity index (χ3v) is 9.40. The fourth-order valence-electron chi connectivity index (χ4n) is 6.34. The SMILES string of the molecule is C=C1C(=O)O[C@H](CCCCCCCCCCCCC[C@@H](C)O[C@@H]2O[C@H](CO[C@@H]3O[C@@H](C)[C@@H](O)[C@H](O)[C@H]3O)[C@@H](O)[C@H](O)[C@H]2O)[C@H]1C(=O)O. The fourth-order valence-corrected chi connectivity index (χ4v) is 6.34. The Morgan fingerprint density at radius 2 is 1.28 bits per heavy atom. The predicted octanol–water partition coefficient (Wildman–Crippen LogP) is 1.30. The second kappa shape index (κ2) is 19.5. The normalized spacial score (nSPS) is 36.8. The van der Waals surface area contributed by atoms with Crippen LogP contribution in [0.5, 0.6) is 0 Å². The summed E-state index contributed by atoms with van der Waals surface area (Å²) >= 11 is 0. The molecule has 0 radical (unpaired) electrons. The Hall–Kier alpha value is -1.72. The number of rotatable bonds is 20. The van der Waals surface area contributed by atoms with Crippen molar-refractivity contribution in [1.29, 1.82) is 0 Å². The maximum Gasteiger partial charge on any atom is 0.334 e. The maximum atomic E-state index is 11.6. The van der Waals surface area contributed by atoms with Crippen LogP contribution in [0.4, 0.5) is 0 Å². The number of aliphatic carboxylic acids is 1. The molecule has 0 spiro atoms. The minimum Gasteiger partial charge on any atom is -0.481 e. The lowest BCUT2D eigenvalue weighted by molar-refractivity contribution is -0.332. The van der Waals surface area contributed by atoms with Gasteiger partial charge in [-0.05, 0) is 33.1 Å². The molecular weight excluding hydrogens is 620 g/mol. The smallest absolute Gasteiger partial charge is 0.334 e. The van der Waals surface area contributed by atoms with E-state index < -0.39 is 85.4 Å². The second-order valence-corrected chi connectivity index (χ2v) is 13.2. The summed E-state index contributed by atoms with van der Waals surface area (Å²) in [5.74, 6) is -2.59. The van der Waals surface area contributed by atoms with Crippen molar-refractivity contribution in [1.82, 2.24) is 0 Å². The number of carbonyl (C=O) groups excluding carboxylic acids is 1. The summed E-state index contributed by atoms with van der Waals surface area (Å²) in [7, 11) is 0. The molecule has 0 saturated carbocycles. The molecule has 47 heavy (non-hydrogen) atoms. The minimum absolute atomic E-state index is 0.0355. The summed E-state index contributed by atoms with van der Waals surface area (Å²) < 4.78 is 27.6. The molecule has 3 aliphatic heterocycles. The predicted molar refractivity (Wildman–Crippen MR) is 166 cm³/mol. The summed E-state index contributed by atoms with van der Waals surface area (Å²) in [6, 6.07) is 0. The first kappa shape index (κ1) is 39.7. The van der Waals surface area contributed by atoms with Crippen molar-refractivity contribution in [3.63, 3.8) is 0 Å². The molecule has 7 N–H and O–H groups in total. The Morgan fingerprint density at radius 1 is 0.745 bits per heavy atom. The average molecular weight is 677 g/mol. The van der Waals surface area contributed by atoms with Crippen molar-refractivity contribution in [2.45, 2.75) is 171 Å². The zero-order chi connectivity index (χ0) is 34.7. The molecule has 3 heterocycles. The van der Waals surface area contributed by atoms with E-state index in [1.54, 1.807) is 0 Å². The van der Waals surface area contributed by atoms with Gasteiger partial charge in [-0.25, -0.2) is 4.79 Å². The van der Waals surface area contributed by atoms with Gasteiger partial charge in [-0.3, -0.25) is 4.79 Å². The van der Waals surface area contributed by atoms with Gasteiger partial charge in [-0.1, -0.05) is 70.8 Å². The lowest BCUT2D eigenvalue weighted by atomic mass is 9.93. The molecule has 14 heteroatoms.